The minimum Gasteiger partial charge on any atom is -0.444 e. The molecule has 8 heteroatoms. The van der Waals surface area contributed by atoms with Crippen molar-refractivity contribution in [1.82, 2.24) is 9.88 Å². The number of halogens is 3. The number of nitrogens with zero attached hydrogens (tertiary/aromatic N) is 3. The van der Waals surface area contributed by atoms with Crippen molar-refractivity contribution in [2.45, 2.75) is 64.8 Å². The Balaban J connectivity index is 1.67. The van der Waals surface area contributed by atoms with E-state index < -0.39 is 17.3 Å². The van der Waals surface area contributed by atoms with E-state index in [-0.39, 0.29) is 17.6 Å². The zero-order chi connectivity index (χ0) is 20.7. The van der Waals surface area contributed by atoms with Crippen LogP contribution in [0.3, 0.4) is 0 Å². The van der Waals surface area contributed by atoms with Gasteiger partial charge in [-0.1, -0.05) is 0 Å². The van der Waals surface area contributed by atoms with Gasteiger partial charge in [0.2, 0.25) is 0 Å². The Morgan fingerprint density at radius 2 is 1.93 bits per heavy atom. The Morgan fingerprint density at radius 1 is 1.25 bits per heavy atom. The van der Waals surface area contributed by atoms with Crippen LogP contribution in [0.1, 0.15) is 52.5 Å². The van der Waals surface area contributed by atoms with Crippen LogP contribution in [0.15, 0.2) is 18.3 Å². The van der Waals surface area contributed by atoms with E-state index in [1.54, 1.807) is 4.90 Å². The van der Waals surface area contributed by atoms with Gasteiger partial charge in [-0.05, 0) is 64.5 Å². The van der Waals surface area contributed by atoms with Gasteiger partial charge in [0.15, 0.2) is 0 Å². The molecule has 1 amide bonds. The molecule has 1 spiro atoms. The van der Waals surface area contributed by atoms with Crippen LogP contribution in [0.25, 0.3) is 0 Å². The van der Waals surface area contributed by atoms with Crippen LogP contribution in [0.5, 0.6) is 0 Å². The average molecular weight is 399 g/mol. The molecule has 3 rings (SSSR count). The molecule has 0 N–H and O–H groups in total. The summed E-state index contributed by atoms with van der Waals surface area (Å²) in [5.74, 6) is 0.369. The van der Waals surface area contributed by atoms with Gasteiger partial charge in [-0.25, -0.2) is 9.78 Å². The van der Waals surface area contributed by atoms with E-state index >= 15 is 0 Å². The van der Waals surface area contributed by atoms with Crippen molar-refractivity contribution in [2.24, 2.45) is 5.41 Å². The molecule has 2 saturated heterocycles. The van der Waals surface area contributed by atoms with Gasteiger partial charge in [-0.15, -0.1) is 0 Å². The van der Waals surface area contributed by atoms with Gasteiger partial charge < -0.3 is 14.5 Å². The third-order valence-electron chi connectivity index (χ3n) is 5.61. The van der Waals surface area contributed by atoms with E-state index in [4.69, 9.17) is 4.74 Å². The highest BCUT2D eigenvalue weighted by Gasteiger charge is 2.45. The first-order chi connectivity index (χ1) is 12.9. The van der Waals surface area contributed by atoms with Crippen LogP contribution < -0.4 is 4.90 Å². The van der Waals surface area contributed by atoms with Crippen molar-refractivity contribution in [2.75, 3.05) is 24.5 Å². The number of anilines is 1. The monoisotopic (exact) mass is 399 g/mol. The van der Waals surface area contributed by atoms with Gasteiger partial charge in [0.25, 0.3) is 0 Å². The maximum absolute atomic E-state index is 13.0. The van der Waals surface area contributed by atoms with E-state index in [1.807, 2.05) is 32.6 Å². The Morgan fingerprint density at radius 3 is 2.54 bits per heavy atom. The topological polar surface area (TPSA) is 45.7 Å². The number of aromatic nitrogens is 1. The van der Waals surface area contributed by atoms with E-state index in [2.05, 4.69) is 4.98 Å². The van der Waals surface area contributed by atoms with Gasteiger partial charge in [0, 0.05) is 31.9 Å². The Bertz CT molecular complexity index is 732. The van der Waals surface area contributed by atoms with Crippen molar-refractivity contribution in [1.29, 1.82) is 0 Å². The number of amides is 1. The first-order valence-corrected chi connectivity index (χ1v) is 9.66. The molecule has 5 nitrogen and oxygen atoms in total. The molecule has 2 fully saturated rings. The van der Waals surface area contributed by atoms with Crippen LogP contribution in [-0.2, 0) is 10.9 Å². The zero-order valence-corrected chi connectivity index (χ0v) is 16.8. The van der Waals surface area contributed by atoms with Crippen LogP contribution in [0.4, 0.5) is 23.8 Å². The first kappa shape index (κ1) is 20.7. The molecule has 2 atom stereocenters. The number of alkyl halides is 3. The molecule has 1 aromatic heterocycles. The predicted molar refractivity (Wildman–Crippen MR) is 100 cm³/mol. The van der Waals surface area contributed by atoms with Crippen LogP contribution in [-0.4, -0.2) is 47.3 Å². The molecule has 0 aliphatic carbocycles. The quantitative estimate of drug-likeness (QED) is 0.686. The Hall–Kier alpha value is -1.99. The lowest BCUT2D eigenvalue weighted by molar-refractivity contribution is -0.137. The van der Waals surface area contributed by atoms with E-state index in [0.29, 0.717) is 25.5 Å². The first-order valence-electron chi connectivity index (χ1n) is 9.66. The van der Waals surface area contributed by atoms with Crippen LogP contribution in [0, 0.1) is 5.41 Å². The molecular weight excluding hydrogens is 371 g/mol. The minimum atomic E-state index is -4.37. The molecule has 156 valence electrons. The second-order valence-electron chi connectivity index (χ2n) is 9.05. The van der Waals surface area contributed by atoms with Gasteiger partial charge in [0.05, 0.1) is 5.56 Å². The lowest BCUT2D eigenvalue weighted by Gasteiger charge is -2.43. The number of likely N-dealkylation sites (tertiary alicyclic amines) is 1. The molecular formula is C20H28F3N3O2. The summed E-state index contributed by atoms with van der Waals surface area (Å²) in [6.45, 7) is 9.48. The summed E-state index contributed by atoms with van der Waals surface area (Å²) in [6.07, 6.45) is -0.950. The highest BCUT2D eigenvalue weighted by molar-refractivity contribution is 5.68. The molecule has 0 bridgehead atoms. The lowest BCUT2D eigenvalue weighted by Crippen LogP contribution is -2.50. The molecule has 2 aliphatic heterocycles. The number of carbonyl (C=O) groups is 1. The van der Waals surface area contributed by atoms with E-state index in [9.17, 15) is 18.0 Å². The predicted octanol–water partition coefficient (Wildman–Crippen LogP) is 4.72. The summed E-state index contributed by atoms with van der Waals surface area (Å²) in [6, 6.07) is 2.15. The number of hydrogen-bond donors (Lipinski definition) is 0. The highest BCUT2D eigenvalue weighted by Crippen LogP contribution is 2.44. The minimum absolute atomic E-state index is 0.00610. The number of carbonyl (C=O) groups excluding carboxylic acids is 1. The van der Waals surface area contributed by atoms with Gasteiger partial charge in [-0.2, -0.15) is 13.2 Å². The number of pyridine rings is 1. The molecule has 2 aliphatic rings. The van der Waals surface area contributed by atoms with Gasteiger partial charge in [-0.3, -0.25) is 0 Å². The molecule has 28 heavy (non-hydrogen) atoms. The lowest BCUT2D eigenvalue weighted by atomic mass is 9.75. The summed E-state index contributed by atoms with van der Waals surface area (Å²) in [7, 11) is 0. The fraction of sp³-hybridized carbons (Fsp3) is 0.700. The molecule has 2 unspecified atom stereocenters. The summed E-state index contributed by atoms with van der Waals surface area (Å²) in [5, 5.41) is 0. The van der Waals surface area contributed by atoms with Crippen molar-refractivity contribution in [3.8, 4) is 0 Å². The molecule has 0 saturated carbocycles. The maximum atomic E-state index is 13.0. The number of rotatable bonds is 1. The SMILES string of the molecule is CC1CC2(CCN(c3cc(C(F)(F)F)ccn3)C2)CCN1C(=O)OC(C)(C)C. The molecule has 0 radical (unpaired) electrons. The largest absolute Gasteiger partial charge is 0.444 e. The summed E-state index contributed by atoms with van der Waals surface area (Å²) in [5.41, 5.74) is -1.22. The van der Waals surface area contributed by atoms with Crippen LogP contribution in [0.2, 0.25) is 0 Å². The third kappa shape index (κ3) is 4.52. The van der Waals surface area contributed by atoms with Crippen LogP contribution >= 0.6 is 0 Å². The second kappa shape index (κ2) is 7.12. The number of piperidine rings is 1. The van der Waals surface area contributed by atoms with Gasteiger partial charge in [0.1, 0.15) is 11.4 Å². The zero-order valence-electron chi connectivity index (χ0n) is 16.8. The number of hydrogen-bond acceptors (Lipinski definition) is 4. The second-order valence-corrected chi connectivity index (χ2v) is 9.05. The molecule has 0 aromatic carbocycles. The molecule has 1 aromatic rings. The fourth-order valence-electron chi connectivity index (χ4n) is 4.28. The van der Waals surface area contributed by atoms with Crippen molar-refractivity contribution in [3.05, 3.63) is 23.9 Å². The fourth-order valence-corrected chi connectivity index (χ4v) is 4.28. The number of ether oxygens (including phenoxy) is 1. The van der Waals surface area contributed by atoms with E-state index in [1.165, 1.54) is 6.20 Å². The average Bonchev–Trinajstić information content (AvgIpc) is 2.96. The maximum Gasteiger partial charge on any atom is 0.416 e. The summed E-state index contributed by atoms with van der Waals surface area (Å²) in [4.78, 5) is 20.3. The highest BCUT2D eigenvalue weighted by atomic mass is 19.4. The smallest absolute Gasteiger partial charge is 0.416 e. The summed E-state index contributed by atoms with van der Waals surface area (Å²) >= 11 is 0. The Kier molecular flexibility index (Phi) is 5.27. The standard InChI is InChI=1S/C20H28F3N3O2/c1-14-12-19(7-10-26(14)17(27)28-18(2,3)4)6-9-25(13-19)16-11-15(5-8-24-16)20(21,22)23/h5,8,11,14H,6-7,9-10,12-13H2,1-4H3. The van der Waals surface area contributed by atoms with Crippen molar-refractivity contribution >= 4 is 11.9 Å². The Labute approximate surface area is 163 Å². The van der Waals surface area contributed by atoms with Crippen molar-refractivity contribution in [3.63, 3.8) is 0 Å². The van der Waals surface area contributed by atoms with E-state index in [0.717, 1.165) is 31.4 Å². The third-order valence-corrected chi connectivity index (χ3v) is 5.61. The normalized spacial score (nSPS) is 26.0. The van der Waals surface area contributed by atoms with Crippen molar-refractivity contribution < 1.29 is 22.7 Å². The molecule has 3 heterocycles. The van der Waals surface area contributed by atoms with Gasteiger partial charge >= 0.3 is 12.3 Å². The summed E-state index contributed by atoms with van der Waals surface area (Å²) < 4.78 is 44.5.